The van der Waals surface area contributed by atoms with Crippen LogP contribution in [-0.2, 0) is 0 Å². The molecule has 1 aromatic rings. The molecule has 1 fully saturated rings. The molecule has 0 unspecified atom stereocenters. The van der Waals surface area contributed by atoms with Crippen molar-refractivity contribution >= 4 is 0 Å². The SMILES string of the molecule is CCCN1CCCC[C@H]1c1ccco1. The van der Waals surface area contributed by atoms with Gasteiger partial charge in [0.25, 0.3) is 0 Å². The summed E-state index contributed by atoms with van der Waals surface area (Å²) in [5.74, 6) is 1.15. The van der Waals surface area contributed by atoms with E-state index in [0.29, 0.717) is 6.04 Å². The lowest BCUT2D eigenvalue weighted by Gasteiger charge is -2.34. The summed E-state index contributed by atoms with van der Waals surface area (Å²) >= 11 is 0. The summed E-state index contributed by atoms with van der Waals surface area (Å²) in [6.07, 6.45) is 6.96. The Morgan fingerprint density at radius 2 is 2.43 bits per heavy atom. The average molecular weight is 193 g/mol. The van der Waals surface area contributed by atoms with E-state index in [1.54, 1.807) is 6.26 Å². The Morgan fingerprint density at radius 3 is 3.14 bits per heavy atom. The minimum absolute atomic E-state index is 0.540. The van der Waals surface area contributed by atoms with E-state index in [9.17, 15) is 0 Å². The zero-order chi connectivity index (χ0) is 9.80. The Kier molecular flexibility index (Phi) is 3.25. The van der Waals surface area contributed by atoms with Gasteiger partial charge >= 0.3 is 0 Å². The molecule has 1 aromatic heterocycles. The van der Waals surface area contributed by atoms with Gasteiger partial charge in [-0.3, -0.25) is 4.90 Å². The number of rotatable bonds is 3. The number of furan rings is 1. The minimum Gasteiger partial charge on any atom is -0.468 e. The van der Waals surface area contributed by atoms with Gasteiger partial charge in [0.05, 0.1) is 12.3 Å². The van der Waals surface area contributed by atoms with Crippen LogP contribution in [0.1, 0.15) is 44.4 Å². The van der Waals surface area contributed by atoms with E-state index < -0.39 is 0 Å². The average Bonchev–Trinajstić information content (AvgIpc) is 2.72. The third-order valence-electron chi connectivity index (χ3n) is 3.00. The molecule has 0 radical (unpaired) electrons. The van der Waals surface area contributed by atoms with Crippen LogP contribution in [0.2, 0.25) is 0 Å². The monoisotopic (exact) mass is 193 g/mol. The Hall–Kier alpha value is -0.760. The summed E-state index contributed by atoms with van der Waals surface area (Å²) in [5, 5.41) is 0. The summed E-state index contributed by atoms with van der Waals surface area (Å²) in [5.41, 5.74) is 0. The maximum Gasteiger partial charge on any atom is 0.120 e. The maximum absolute atomic E-state index is 5.51. The van der Waals surface area contributed by atoms with Crippen LogP contribution in [0.25, 0.3) is 0 Å². The van der Waals surface area contributed by atoms with Gasteiger partial charge in [-0.2, -0.15) is 0 Å². The fourth-order valence-corrected chi connectivity index (χ4v) is 2.35. The van der Waals surface area contributed by atoms with Crippen LogP contribution >= 0.6 is 0 Å². The summed E-state index contributed by atoms with van der Waals surface area (Å²) in [6, 6.07) is 4.64. The van der Waals surface area contributed by atoms with Crippen molar-refractivity contribution in [2.75, 3.05) is 13.1 Å². The molecule has 2 rings (SSSR count). The lowest BCUT2D eigenvalue weighted by Crippen LogP contribution is -2.33. The van der Waals surface area contributed by atoms with E-state index in [1.807, 2.05) is 6.07 Å². The first-order valence-corrected chi connectivity index (χ1v) is 5.69. The molecule has 0 saturated carbocycles. The first-order chi connectivity index (χ1) is 6.92. The molecular weight excluding hydrogens is 174 g/mol. The number of likely N-dealkylation sites (tertiary alicyclic amines) is 1. The van der Waals surface area contributed by atoms with E-state index in [2.05, 4.69) is 17.9 Å². The summed E-state index contributed by atoms with van der Waals surface area (Å²) in [6.45, 7) is 4.68. The molecule has 0 aromatic carbocycles. The van der Waals surface area contributed by atoms with Crippen molar-refractivity contribution in [2.24, 2.45) is 0 Å². The number of hydrogen-bond acceptors (Lipinski definition) is 2. The Balaban J connectivity index is 2.06. The fraction of sp³-hybridized carbons (Fsp3) is 0.667. The van der Waals surface area contributed by atoms with Crippen LogP contribution in [0.4, 0.5) is 0 Å². The highest BCUT2D eigenvalue weighted by Crippen LogP contribution is 2.30. The van der Waals surface area contributed by atoms with Crippen molar-refractivity contribution in [3.8, 4) is 0 Å². The topological polar surface area (TPSA) is 16.4 Å². The van der Waals surface area contributed by atoms with Crippen LogP contribution in [0.15, 0.2) is 22.8 Å². The van der Waals surface area contributed by atoms with Gasteiger partial charge in [-0.25, -0.2) is 0 Å². The first kappa shape index (κ1) is 9.78. The highest BCUT2D eigenvalue weighted by molar-refractivity contribution is 5.05. The molecular formula is C12H19NO. The summed E-state index contributed by atoms with van der Waals surface area (Å²) in [7, 11) is 0. The van der Waals surface area contributed by atoms with Gasteiger partial charge in [-0.15, -0.1) is 0 Å². The second-order valence-electron chi connectivity index (χ2n) is 4.06. The Morgan fingerprint density at radius 1 is 1.50 bits per heavy atom. The molecule has 2 heteroatoms. The van der Waals surface area contributed by atoms with E-state index in [4.69, 9.17) is 4.42 Å². The first-order valence-electron chi connectivity index (χ1n) is 5.69. The smallest absolute Gasteiger partial charge is 0.120 e. The predicted molar refractivity (Wildman–Crippen MR) is 57.2 cm³/mol. The molecule has 0 aliphatic carbocycles. The van der Waals surface area contributed by atoms with Crippen molar-refractivity contribution in [1.29, 1.82) is 0 Å². The van der Waals surface area contributed by atoms with Crippen molar-refractivity contribution in [3.63, 3.8) is 0 Å². The summed E-state index contributed by atoms with van der Waals surface area (Å²) in [4.78, 5) is 2.56. The number of piperidine rings is 1. The largest absolute Gasteiger partial charge is 0.468 e. The summed E-state index contributed by atoms with van der Waals surface area (Å²) < 4.78 is 5.51. The molecule has 0 N–H and O–H groups in total. The normalized spacial score (nSPS) is 23.9. The van der Waals surface area contributed by atoms with Gasteiger partial charge < -0.3 is 4.42 Å². The molecule has 2 nitrogen and oxygen atoms in total. The molecule has 0 spiro atoms. The molecule has 0 amide bonds. The third-order valence-corrected chi connectivity index (χ3v) is 3.00. The van der Waals surface area contributed by atoms with E-state index in [0.717, 1.165) is 5.76 Å². The molecule has 78 valence electrons. The van der Waals surface area contributed by atoms with Gasteiger partial charge in [0, 0.05) is 0 Å². The molecule has 1 atom stereocenters. The third kappa shape index (κ3) is 2.01. The quantitative estimate of drug-likeness (QED) is 0.733. The number of nitrogens with zero attached hydrogens (tertiary/aromatic N) is 1. The zero-order valence-electron chi connectivity index (χ0n) is 8.91. The van der Waals surface area contributed by atoms with E-state index in [-0.39, 0.29) is 0 Å². The highest BCUT2D eigenvalue weighted by Gasteiger charge is 2.24. The molecule has 1 aliphatic heterocycles. The molecule has 2 heterocycles. The molecule has 14 heavy (non-hydrogen) atoms. The van der Waals surface area contributed by atoms with Crippen LogP contribution in [0.5, 0.6) is 0 Å². The van der Waals surface area contributed by atoms with Crippen molar-refractivity contribution in [3.05, 3.63) is 24.2 Å². The van der Waals surface area contributed by atoms with Crippen LogP contribution in [0, 0.1) is 0 Å². The van der Waals surface area contributed by atoms with Crippen LogP contribution in [-0.4, -0.2) is 18.0 Å². The van der Waals surface area contributed by atoms with Gasteiger partial charge in [0.2, 0.25) is 0 Å². The van der Waals surface area contributed by atoms with Crippen molar-refractivity contribution in [1.82, 2.24) is 4.90 Å². The second-order valence-corrected chi connectivity index (χ2v) is 4.06. The molecule has 1 aliphatic rings. The van der Waals surface area contributed by atoms with Crippen molar-refractivity contribution < 1.29 is 4.42 Å². The lowest BCUT2D eigenvalue weighted by atomic mass is 10.00. The predicted octanol–water partition coefficient (Wildman–Crippen LogP) is 3.22. The minimum atomic E-state index is 0.540. The van der Waals surface area contributed by atoms with Gasteiger partial charge in [-0.1, -0.05) is 13.3 Å². The Bertz CT molecular complexity index is 253. The fourth-order valence-electron chi connectivity index (χ4n) is 2.35. The zero-order valence-corrected chi connectivity index (χ0v) is 8.91. The molecule has 1 saturated heterocycles. The lowest BCUT2D eigenvalue weighted by molar-refractivity contribution is 0.130. The van der Waals surface area contributed by atoms with Gasteiger partial charge in [0.15, 0.2) is 0 Å². The maximum atomic E-state index is 5.51. The van der Waals surface area contributed by atoms with Crippen LogP contribution < -0.4 is 0 Å². The van der Waals surface area contributed by atoms with Crippen molar-refractivity contribution in [2.45, 2.75) is 38.6 Å². The standard InChI is InChI=1S/C12H19NO/c1-2-8-13-9-4-3-6-11(13)12-7-5-10-14-12/h5,7,10-11H,2-4,6,8-9H2,1H3/t11-/m0/s1. The number of hydrogen-bond donors (Lipinski definition) is 0. The van der Waals surface area contributed by atoms with Gasteiger partial charge in [0.1, 0.15) is 5.76 Å². The molecule has 0 bridgehead atoms. The van der Waals surface area contributed by atoms with Crippen LogP contribution in [0.3, 0.4) is 0 Å². The Labute approximate surface area is 85.9 Å². The van der Waals surface area contributed by atoms with E-state index >= 15 is 0 Å². The van der Waals surface area contributed by atoms with E-state index in [1.165, 1.54) is 38.8 Å². The second kappa shape index (κ2) is 4.65. The van der Waals surface area contributed by atoms with Gasteiger partial charge in [-0.05, 0) is 44.5 Å². The highest BCUT2D eigenvalue weighted by atomic mass is 16.3.